The predicted molar refractivity (Wildman–Crippen MR) is 250 cm³/mol. The summed E-state index contributed by atoms with van der Waals surface area (Å²) >= 11 is 0. The molecule has 5 heterocycles. The first kappa shape index (κ1) is 35.4. The lowest BCUT2D eigenvalue weighted by Crippen LogP contribution is -1.98. The van der Waals surface area contributed by atoms with Crippen LogP contribution in [0.4, 0.5) is 0 Å². The molecule has 0 atom stereocenters. The van der Waals surface area contributed by atoms with Crippen LogP contribution < -0.4 is 0 Å². The molecule has 0 aliphatic carbocycles. The van der Waals surface area contributed by atoms with E-state index in [1.165, 1.54) is 10.8 Å². The standard InChI is InChI=1S/C55H34N6O/c1-4-15-37(16-5-1)50-52-51(60-54(59-50)39-19-8-3-9-20-39)45-32-41(34-56-55(45)62-52)35-27-29-36(30-28-35)46-33-47(58-53(57-46)38-17-6-2-7-18-38)40-21-14-22-42(31-40)61-48-25-12-10-23-43(48)44-24-11-13-26-49(44)61/h1-34H. The Balaban J connectivity index is 0.946. The van der Waals surface area contributed by atoms with Crippen molar-refractivity contribution in [3.63, 3.8) is 0 Å². The first-order chi connectivity index (χ1) is 30.7. The number of pyridine rings is 1. The number of nitrogens with zero attached hydrogens (tertiary/aromatic N) is 6. The lowest BCUT2D eigenvalue weighted by atomic mass is 10.0. The Morgan fingerprint density at radius 1 is 0.371 bits per heavy atom. The average Bonchev–Trinajstić information content (AvgIpc) is 3.90. The van der Waals surface area contributed by atoms with Gasteiger partial charge in [-0.3, -0.25) is 0 Å². The van der Waals surface area contributed by atoms with Crippen LogP contribution in [0.15, 0.2) is 211 Å². The van der Waals surface area contributed by atoms with Crippen molar-refractivity contribution in [2.24, 2.45) is 0 Å². The molecule has 0 aliphatic heterocycles. The SMILES string of the molecule is c1ccc(-c2nc(-c3ccc(-c4cnc5oc6c(-c7ccccc7)nc(-c7ccccc7)nc6c5c4)cc3)cc(-c3cccc(-n4c5ccccc5c5ccccc54)c3)n2)cc1. The monoisotopic (exact) mass is 794 g/mol. The first-order valence-electron chi connectivity index (χ1n) is 20.6. The largest absolute Gasteiger partial charge is 0.434 e. The molecule has 7 nitrogen and oxygen atoms in total. The molecule has 0 bridgehead atoms. The molecule has 0 aliphatic rings. The molecule has 7 aromatic carbocycles. The van der Waals surface area contributed by atoms with E-state index in [0.29, 0.717) is 22.9 Å². The molecule has 7 heteroatoms. The zero-order valence-corrected chi connectivity index (χ0v) is 33.2. The number of para-hydroxylation sites is 2. The maximum atomic E-state index is 6.41. The van der Waals surface area contributed by atoms with Gasteiger partial charge in [0.15, 0.2) is 17.2 Å². The van der Waals surface area contributed by atoms with Gasteiger partial charge in [0.1, 0.15) is 11.2 Å². The van der Waals surface area contributed by atoms with E-state index in [9.17, 15) is 0 Å². The predicted octanol–water partition coefficient (Wildman–Crippen LogP) is 13.7. The van der Waals surface area contributed by atoms with Crippen LogP contribution in [0.3, 0.4) is 0 Å². The van der Waals surface area contributed by atoms with Gasteiger partial charge in [0.25, 0.3) is 0 Å². The van der Waals surface area contributed by atoms with E-state index in [1.54, 1.807) is 0 Å². The van der Waals surface area contributed by atoms with Crippen molar-refractivity contribution in [2.45, 2.75) is 0 Å². The summed E-state index contributed by atoms with van der Waals surface area (Å²) in [7, 11) is 0. The Morgan fingerprint density at radius 3 is 1.58 bits per heavy atom. The summed E-state index contributed by atoms with van der Waals surface area (Å²) in [6.07, 6.45) is 1.86. The van der Waals surface area contributed by atoms with E-state index < -0.39 is 0 Å². The first-order valence-corrected chi connectivity index (χ1v) is 20.6. The molecule has 62 heavy (non-hydrogen) atoms. The van der Waals surface area contributed by atoms with Gasteiger partial charge in [-0.15, -0.1) is 0 Å². The van der Waals surface area contributed by atoms with Crippen molar-refractivity contribution in [3.05, 3.63) is 206 Å². The average molecular weight is 795 g/mol. The third-order valence-corrected chi connectivity index (χ3v) is 11.5. The maximum absolute atomic E-state index is 6.41. The summed E-state index contributed by atoms with van der Waals surface area (Å²) in [6.45, 7) is 0. The normalized spacial score (nSPS) is 11.5. The van der Waals surface area contributed by atoms with E-state index in [1.807, 2.05) is 85.1 Å². The molecule has 0 saturated heterocycles. The second-order valence-corrected chi connectivity index (χ2v) is 15.3. The number of hydrogen-bond acceptors (Lipinski definition) is 6. The Bertz CT molecular complexity index is 3560. The highest BCUT2D eigenvalue weighted by atomic mass is 16.3. The molecule has 0 N–H and O–H groups in total. The van der Waals surface area contributed by atoms with Crippen LogP contribution in [0.25, 0.3) is 117 Å². The fourth-order valence-corrected chi connectivity index (χ4v) is 8.49. The number of aromatic nitrogens is 6. The molecule has 5 aromatic heterocycles. The van der Waals surface area contributed by atoms with Crippen molar-refractivity contribution < 1.29 is 4.42 Å². The Hall–Kier alpha value is -8.55. The van der Waals surface area contributed by atoms with Gasteiger partial charge in [-0.05, 0) is 42.0 Å². The second-order valence-electron chi connectivity index (χ2n) is 15.3. The van der Waals surface area contributed by atoms with E-state index in [0.717, 1.165) is 83.6 Å². The van der Waals surface area contributed by atoms with Gasteiger partial charge in [-0.2, -0.15) is 0 Å². The van der Waals surface area contributed by atoms with Gasteiger partial charge in [0.05, 0.1) is 27.8 Å². The summed E-state index contributed by atoms with van der Waals surface area (Å²) in [6, 6.07) is 68.7. The minimum Gasteiger partial charge on any atom is -0.434 e. The zero-order valence-electron chi connectivity index (χ0n) is 33.2. The van der Waals surface area contributed by atoms with Crippen molar-refractivity contribution >= 4 is 44.0 Å². The maximum Gasteiger partial charge on any atom is 0.229 e. The van der Waals surface area contributed by atoms with Crippen LogP contribution in [0.5, 0.6) is 0 Å². The van der Waals surface area contributed by atoms with E-state index >= 15 is 0 Å². The summed E-state index contributed by atoms with van der Waals surface area (Å²) in [5.74, 6) is 1.30. The third-order valence-electron chi connectivity index (χ3n) is 11.5. The minimum atomic E-state index is 0.515. The van der Waals surface area contributed by atoms with Crippen LogP contribution in [0.2, 0.25) is 0 Å². The molecule has 0 radical (unpaired) electrons. The Kier molecular flexibility index (Phi) is 8.35. The van der Waals surface area contributed by atoms with Gasteiger partial charge in [-0.25, -0.2) is 24.9 Å². The molecule has 0 fully saturated rings. The van der Waals surface area contributed by atoms with Crippen molar-refractivity contribution in [3.8, 4) is 73.4 Å². The quantitative estimate of drug-likeness (QED) is 0.160. The molecule has 290 valence electrons. The van der Waals surface area contributed by atoms with Crippen LogP contribution in [-0.2, 0) is 0 Å². The lowest BCUT2D eigenvalue weighted by molar-refractivity contribution is 0.653. The highest BCUT2D eigenvalue weighted by Gasteiger charge is 2.20. The smallest absolute Gasteiger partial charge is 0.229 e. The van der Waals surface area contributed by atoms with Crippen LogP contribution >= 0.6 is 0 Å². The summed E-state index contributed by atoms with van der Waals surface area (Å²) in [4.78, 5) is 25.2. The second kappa shape index (κ2) is 14.6. The summed E-state index contributed by atoms with van der Waals surface area (Å²) in [5, 5.41) is 3.28. The number of benzene rings is 7. The fourth-order valence-electron chi connectivity index (χ4n) is 8.49. The molecule has 0 unspecified atom stereocenters. The van der Waals surface area contributed by atoms with Crippen LogP contribution in [0, 0.1) is 0 Å². The number of fused-ring (bicyclic) bond motifs is 6. The van der Waals surface area contributed by atoms with Gasteiger partial charge >= 0.3 is 0 Å². The van der Waals surface area contributed by atoms with Crippen molar-refractivity contribution in [1.82, 2.24) is 29.5 Å². The molecule has 12 aromatic rings. The Labute approximate surface area is 356 Å². The van der Waals surface area contributed by atoms with E-state index in [2.05, 4.69) is 126 Å². The van der Waals surface area contributed by atoms with Gasteiger partial charge in [-0.1, -0.05) is 164 Å². The molecular weight excluding hydrogens is 761 g/mol. The third kappa shape index (κ3) is 6.11. The summed E-state index contributed by atoms with van der Waals surface area (Å²) in [5.41, 5.74) is 14.4. The van der Waals surface area contributed by atoms with E-state index in [4.69, 9.17) is 29.3 Å². The van der Waals surface area contributed by atoms with Gasteiger partial charge in [0.2, 0.25) is 5.71 Å². The highest BCUT2D eigenvalue weighted by molar-refractivity contribution is 6.09. The Morgan fingerprint density at radius 2 is 0.919 bits per heavy atom. The molecule has 0 saturated carbocycles. The number of hydrogen-bond donors (Lipinski definition) is 0. The minimum absolute atomic E-state index is 0.515. The zero-order chi connectivity index (χ0) is 41.0. The molecule has 0 spiro atoms. The molecule has 0 amide bonds. The fraction of sp³-hybridized carbons (Fsp3) is 0. The van der Waals surface area contributed by atoms with Crippen molar-refractivity contribution in [1.29, 1.82) is 0 Å². The van der Waals surface area contributed by atoms with Crippen LogP contribution in [0.1, 0.15) is 0 Å². The molecular formula is C55H34N6O. The highest BCUT2D eigenvalue weighted by Crippen LogP contribution is 2.38. The number of rotatable bonds is 7. The van der Waals surface area contributed by atoms with Gasteiger partial charge in [0, 0.05) is 56.0 Å². The van der Waals surface area contributed by atoms with Gasteiger partial charge < -0.3 is 8.98 Å². The van der Waals surface area contributed by atoms with Crippen LogP contribution in [-0.4, -0.2) is 29.5 Å². The summed E-state index contributed by atoms with van der Waals surface area (Å²) < 4.78 is 8.74. The number of furan rings is 1. The van der Waals surface area contributed by atoms with Crippen molar-refractivity contribution in [2.75, 3.05) is 0 Å². The lowest BCUT2D eigenvalue weighted by Gasteiger charge is -2.12. The molecule has 12 rings (SSSR count). The topological polar surface area (TPSA) is 82.5 Å². The van der Waals surface area contributed by atoms with E-state index in [-0.39, 0.29) is 0 Å².